The van der Waals surface area contributed by atoms with Gasteiger partial charge in [-0.25, -0.2) is 16.8 Å². The number of aromatic nitrogens is 2. The minimum atomic E-state index is -3.78. The monoisotopic (exact) mass is 516 g/mol. The summed E-state index contributed by atoms with van der Waals surface area (Å²) >= 11 is 0. The summed E-state index contributed by atoms with van der Waals surface area (Å²) in [6.07, 6.45) is 4.33. The predicted octanol–water partition coefficient (Wildman–Crippen LogP) is 2.68. The van der Waals surface area contributed by atoms with E-state index in [1.54, 1.807) is 12.1 Å². The Hall–Kier alpha value is -3.61. The normalized spacial score (nSPS) is 11.8. The zero-order valence-corrected chi connectivity index (χ0v) is 20.5. The second kappa shape index (κ2) is 10.8. The number of carbonyl (C=O) groups excluding carboxylic acids is 1. The standard InChI is InChI=1S/C23H24N4O6S2/c1-4-14-27(15-5-2)35(31,32)20-12-8-18(9-13-20)22(28)24-23-26-25-21(33-23)16-17-6-10-19(11-7-17)34(3,29)30/h4-13H,1-2,14-16H2,3H3,(H,24,26,28). The molecule has 12 heteroatoms. The van der Waals surface area contributed by atoms with Crippen molar-refractivity contribution in [3.63, 3.8) is 0 Å². The third kappa shape index (κ3) is 6.50. The average molecular weight is 517 g/mol. The highest BCUT2D eigenvalue weighted by atomic mass is 32.2. The van der Waals surface area contributed by atoms with Gasteiger partial charge in [0.15, 0.2) is 9.84 Å². The molecule has 0 aliphatic carbocycles. The van der Waals surface area contributed by atoms with Crippen molar-refractivity contribution < 1.29 is 26.0 Å². The molecular weight excluding hydrogens is 492 g/mol. The first-order valence-electron chi connectivity index (χ1n) is 10.3. The van der Waals surface area contributed by atoms with Crippen molar-refractivity contribution in [2.45, 2.75) is 16.2 Å². The Morgan fingerprint density at radius 1 is 0.943 bits per heavy atom. The number of anilines is 1. The molecule has 0 aliphatic heterocycles. The van der Waals surface area contributed by atoms with Crippen molar-refractivity contribution in [1.29, 1.82) is 0 Å². The van der Waals surface area contributed by atoms with Crippen LogP contribution in [-0.2, 0) is 26.3 Å². The highest BCUT2D eigenvalue weighted by molar-refractivity contribution is 7.90. The number of benzene rings is 2. The van der Waals surface area contributed by atoms with E-state index in [-0.39, 0.29) is 46.8 Å². The van der Waals surface area contributed by atoms with E-state index >= 15 is 0 Å². The van der Waals surface area contributed by atoms with Gasteiger partial charge in [-0.3, -0.25) is 10.1 Å². The molecule has 3 rings (SSSR count). The first-order valence-corrected chi connectivity index (χ1v) is 13.6. The fourth-order valence-corrected chi connectivity index (χ4v) is 5.07. The first kappa shape index (κ1) is 26.0. The summed E-state index contributed by atoms with van der Waals surface area (Å²) < 4.78 is 55.3. The highest BCUT2D eigenvalue weighted by Crippen LogP contribution is 2.18. The van der Waals surface area contributed by atoms with Gasteiger partial charge in [0.25, 0.3) is 5.91 Å². The molecule has 0 saturated carbocycles. The van der Waals surface area contributed by atoms with Crippen LogP contribution in [0.2, 0.25) is 0 Å². The number of hydrogen-bond acceptors (Lipinski definition) is 8. The molecule has 0 saturated heterocycles. The smallest absolute Gasteiger partial charge is 0.322 e. The molecule has 184 valence electrons. The lowest BCUT2D eigenvalue weighted by atomic mass is 10.1. The Balaban J connectivity index is 1.66. The molecule has 0 spiro atoms. The van der Waals surface area contributed by atoms with Gasteiger partial charge in [0, 0.05) is 24.9 Å². The zero-order chi connectivity index (χ0) is 25.6. The number of nitrogens with one attached hydrogen (secondary N) is 1. The van der Waals surface area contributed by atoms with Crippen molar-refractivity contribution in [3.05, 3.63) is 90.9 Å². The van der Waals surface area contributed by atoms with Crippen LogP contribution in [-0.4, -0.2) is 56.6 Å². The Morgan fingerprint density at radius 2 is 1.51 bits per heavy atom. The SMILES string of the molecule is C=CCN(CC=C)S(=O)(=O)c1ccc(C(=O)Nc2nnc(Cc3ccc(S(C)(=O)=O)cc3)o2)cc1. The average Bonchev–Trinajstić information content (AvgIpc) is 3.25. The van der Waals surface area contributed by atoms with Crippen molar-refractivity contribution in [1.82, 2.24) is 14.5 Å². The maximum absolute atomic E-state index is 12.8. The number of sulfonamides is 1. The van der Waals surface area contributed by atoms with E-state index in [2.05, 4.69) is 28.7 Å². The van der Waals surface area contributed by atoms with E-state index in [1.807, 2.05) is 0 Å². The number of amides is 1. The van der Waals surface area contributed by atoms with Crippen LogP contribution in [0.15, 0.2) is 88.0 Å². The predicted molar refractivity (Wildman–Crippen MR) is 130 cm³/mol. The molecule has 0 unspecified atom stereocenters. The molecule has 10 nitrogen and oxygen atoms in total. The molecule has 1 heterocycles. The zero-order valence-electron chi connectivity index (χ0n) is 18.9. The van der Waals surface area contributed by atoms with Gasteiger partial charge >= 0.3 is 6.01 Å². The molecule has 0 radical (unpaired) electrons. The van der Waals surface area contributed by atoms with E-state index in [0.29, 0.717) is 0 Å². The lowest BCUT2D eigenvalue weighted by molar-refractivity contribution is 0.102. The molecule has 0 fully saturated rings. The Bertz CT molecular complexity index is 1420. The summed E-state index contributed by atoms with van der Waals surface area (Å²) in [6, 6.07) is 11.6. The van der Waals surface area contributed by atoms with Crippen LogP contribution < -0.4 is 5.32 Å². The molecule has 1 amide bonds. The molecular formula is C23H24N4O6S2. The van der Waals surface area contributed by atoms with Crippen molar-refractivity contribution >= 4 is 31.8 Å². The quantitative estimate of drug-likeness (QED) is 0.384. The molecule has 3 aromatic rings. The highest BCUT2D eigenvalue weighted by Gasteiger charge is 2.23. The van der Waals surface area contributed by atoms with Crippen molar-refractivity contribution in [3.8, 4) is 0 Å². The lowest BCUT2D eigenvalue weighted by Crippen LogP contribution is -2.31. The van der Waals surface area contributed by atoms with E-state index in [0.717, 1.165) is 11.8 Å². The Kier molecular flexibility index (Phi) is 7.99. The summed E-state index contributed by atoms with van der Waals surface area (Å²) in [5.74, 6) is -0.339. The summed E-state index contributed by atoms with van der Waals surface area (Å²) in [6.45, 7) is 7.38. The van der Waals surface area contributed by atoms with E-state index in [4.69, 9.17) is 4.42 Å². The van der Waals surface area contributed by atoms with Crippen LogP contribution >= 0.6 is 0 Å². The van der Waals surface area contributed by atoms with Gasteiger partial charge in [-0.05, 0) is 42.0 Å². The largest absolute Gasteiger partial charge is 0.407 e. The second-order valence-electron chi connectivity index (χ2n) is 7.47. The van der Waals surface area contributed by atoms with Gasteiger partial charge in [-0.2, -0.15) is 4.31 Å². The van der Waals surface area contributed by atoms with Gasteiger partial charge < -0.3 is 4.42 Å². The van der Waals surface area contributed by atoms with Crippen LogP contribution in [0.1, 0.15) is 21.8 Å². The topological polar surface area (TPSA) is 140 Å². The third-order valence-corrected chi connectivity index (χ3v) is 7.79. The molecule has 1 N–H and O–H groups in total. The number of sulfone groups is 1. The molecule has 0 aliphatic rings. The summed E-state index contributed by atoms with van der Waals surface area (Å²) in [5, 5.41) is 10.1. The second-order valence-corrected chi connectivity index (χ2v) is 11.4. The van der Waals surface area contributed by atoms with Gasteiger partial charge in [0.05, 0.1) is 16.2 Å². The van der Waals surface area contributed by atoms with Crippen LogP contribution in [0, 0.1) is 0 Å². The fourth-order valence-electron chi connectivity index (χ4n) is 3.06. The molecule has 0 bridgehead atoms. The number of hydrogen-bond donors (Lipinski definition) is 1. The van der Waals surface area contributed by atoms with Crippen LogP contribution in [0.3, 0.4) is 0 Å². The minimum absolute atomic E-state index is 0.0275. The van der Waals surface area contributed by atoms with Crippen LogP contribution in [0.25, 0.3) is 0 Å². The Labute approximate surface area is 204 Å². The van der Waals surface area contributed by atoms with E-state index in [1.165, 1.54) is 52.9 Å². The van der Waals surface area contributed by atoms with Gasteiger partial charge in [0.2, 0.25) is 15.9 Å². The van der Waals surface area contributed by atoms with E-state index in [9.17, 15) is 21.6 Å². The maximum Gasteiger partial charge on any atom is 0.322 e. The van der Waals surface area contributed by atoms with Gasteiger partial charge in [-0.15, -0.1) is 18.3 Å². The van der Waals surface area contributed by atoms with Crippen LogP contribution in [0.4, 0.5) is 6.01 Å². The Morgan fingerprint density at radius 3 is 2.06 bits per heavy atom. The molecule has 2 aromatic carbocycles. The number of rotatable bonds is 11. The van der Waals surface area contributed by atoms with E-state index < -0.39 is 25.8 Å². The summed E-state index contributed by atoms with van der Waals surface area (Å²) in [7, 11) is -7.07. The maximum atomic E-state index is 12.8. The number of nitrogens with zero attached hydrogens (tertiary/aromatic N) is 3. The minimum Gasteiger partial charge on any atom is -0.407 e. The van der Waals surface area contributed by atoms with Crippen molar-refractivity contribution in [2.24, 2.45) is 0 Å². The fraction of sp³-hybridized carbons (Fsp3) is 0.174. The van der Waals surface area contributed by atoms with Crippen LogP contribution in [0.5, 0.6) is 0 Å². The van der Waals surface area contributed by atoms with Gasteiger partial charge in [0.1, 0.15) is 0 Å². The number of carbonyl (C=O) groups is 1. The molecule has 0 atom stereocenters. The summed E-state index contributed by atoms with van der Waals surface area (Å²) in [4.78, 5) is 12.8. The first-order chi connectivity index (χ1) is 16.5. The van der Waals surface area contributed by atoms with Gasteiger partial charge in [-0.1, -0.05) is 29.4 Å². The molecule has 35 heavy (non-hydrogen) atoms. The lowest BCUT2D eigenvalue weighted by Gasteiger charge is -2.19. The molecule has 1 aromatic heterocycles. The van der Waals surface area contributed by atoms with Crippen molar-refractivity contribution in [2.75, 3.05) is 24.7 Å². The third-order valence-electron chi connectivity index (χ3n) is 4.81. The summed E-state index contributed by atoms with van der Waals surface area (Å²) in [5.41, 5.74) is 0.941.